The molecule has 0 radical (unpaired) electrons. The van der Waals surface area contributed by atoms with E-state index >= 15 is 0 Å². The summed E-state index contributed by atoms with van der Waals surface area (Å²) in [6, 6.07) is 0.565. The largest absolute Gasteiger partial charge is 0.379 e. The summed E-state index contributed by atoms with van der Waals surface area (Å²) in [6.07, 6.45) is 1.45. The van der Waals surface area contributed by atoms with Gasteiger partial charge in [0.2, 0.25) is 0 Å². The lowest BCUT2D eigenvalue weighted by atomic mass is 10.2. The molecule has 0 bridgehead atoms. The van der Waals surface area contributed by atoms with Crippen molar-refractivity contribution in [2.45, 2.75) is 39.3 Å². The van der Waals surface area contributed by atoms with Gasteiger partial charge in [0.15, 0.2) is 0 Å². The Hall–Kier alpha value is -0.160. The van der Waals surface area contributed by atoms with Gasteiger partial charge >= 0.3 is 0 Å². The molecule has 1 aliphatic rings. The molecule has 0 saturated carbocycles. The van der Waals surface area contributed by atoms with Crippen LogP contribution in [0.4, 0.5) is 0 Å². The molecule has 1 heterocycles. The van der Waals surface area contributed by atoms with Crippen LogP contribution in [-0.2, 0) is 9.47 Å². The van der Waals surface area contributed by atoms with Crippen molar-refractivity contribution in [3.63, 3.8) is 0 Å². The zero-order valence-corrected chi connectivity index (χ0v) is 11.6. The quantitative estimate of drug-likeness (QED) is 0.649. The van der Waals surface area contributed by atoms with Crippen LogP contribution in [0, 0.1) is 0 Å². The predicted molar refractivity (Wildman–Crippen MR) is 70.4 cm³/mol. The van der Waals surface area contributed by atoms with Crippen LogP contribution in [0.2, 0.25) is 0 Å². The molecular weight excluding hydrogens is 216 g/mol. The van der Waals surface area contributed by atoms with E-state index in [2.05, 4.69) is 31.0 Å². The van der Waals surface area contributed by atoms with Crippen LogP contribution in [0.5, 0.6) is 0 Å². The van der Waals surface area contributed by atoms with Gasteiger partial charge in [0.1, 0.15) is 0 Å². The van der Waals surface area contributed by atoms with Crippen molar-refractivity contribution in [1.29, 1.82) is 0 Å². The molecule has 1 unspecified atom stereocenters. The summed E-state index contributed by atoms with van der Waals surface area (Å²) >= 11 is 0. The Morgan fingerprint density at radius 1 is 1.41 bits per heavy atom. The fourth-order valence-corrected chi connectivity index (χ4v) is 1.96. The van der Waals surface area contributed by atoms with E-state index in [1.165, 1.54) is 0 Å². The van der Waals surface area contributed by atoms with Crippen molar-refractivity contribution in [2.24, 2.45) is 0 Å². The molecule has 1 atom stereocenters. The molecule has 1 rings (SSSR count). The summed E-state index contributed by atoms with van der Waals surface area (Å²) in [4.78, 5) is 2.49. The minimum Gasteiger partial charge on any atom is -0.379 e. The Morgan fingerprint density at radius 2 is 2.24 bits per heavy atom. The second-order valence-corrected chi connectivity index (χ2v) is 4.98. The summed E-state index contributed by atoms with van der Waals surface area (Å²) in [5, 5.41) is 3.46. The van der Waals surface area contributed by atoms with Crippen LogP contribution >= 0.6 is 0 Å². The summed E-state index contributed by atoms with van der Waals surface area (Å²) in [6.45, 7) is 13.3. The third kappa shape index (κ3) is 6.99. The number of nitrogens with one attached hydrogen (secondary N) is 1. The topological polar surface area (TPSA) is 33.7 Å². The van der Waals surface area contributed by atoms with Crippen molar-refractivity contribution in [3.05, 3.63) is 0 Å². The molecule has 17 heavy (non-hydrogen) atoms. The fraction of sp³-hybridized carbons (Fsp3) is 1.00. The minimum atomic E-state index is 0.351. The van der Waals surface area contributed by atoms with Gasteiger partial charge in [-0.05, 0) is 33.7 Å². The fourth-order valence-electron chi connectivity index (χ4n) is 1.96. The van der Waals surface area contributed by atoms with E-state index in [1.54, 1.807) is 0 Å². The molecule has 0 aromatic rings. The number of nitrogens with zero attached hydrogens (tertiary/aromatic N) is 1. The molecule has 0 aliphatic carbocycles. The van der Waals surface area contributed by atoms with Crippen LogP contribution < -0.4 is 5.32 Å². The first kappa shape index (κ1) is 14.9. The molecule has 1 N–H and O–H groups in total. The van der Waals surface area contributed by atoms with E-state index in [1.807, 2.05) is 0 Å². The zero-order chi connectivity index (χ0) is 12.5. The first-order valence-corrected chi connectivity index (χ1v) is 6.84. The van der Waals surface area contributed by atoms with E-state index in [9.17, 15) is 0 Å². The molecule has 0 aromatic carbocycles. The van der Waals surface area contributed by atoms with Gasteiger partial charge in [-0.1, -0.05) is 0 Å². The van der Waals surface area contributed by atoms with E-state index in [0.717, 1.165) is 52.4 Å². The Labute approximate surface area is 106 Å². The summed E-state index contributed by atoms with van der Waals surface area (Å²) in [5.74, 6) is 0. The SMILES string of the molecule is CC(C)OCCCNCCN1CCOCC1C. The van der Waals surface area contributed by atoms with Crippen molar-refractivity contribution < 1.29 is 9.47 Å². The summed E-state index contributed by atoms with van der Waals surface area (Å²) in [5.41, 5.74) is 0. The van der Waals surface area contributed by atoms with Crippen LogP contribution in [0.3, 0.4) is 0 Å². The highest BCUT2D eigenvalue weighted by atomic mass is 16.5. The molecule has 102 valence electrons. The molecule has 0 aromatic heterocycles. The third-order valence-corrected chi connectivity index (χ3v) is 3.03. The van der Waals surface area contributed by atoms with Gasteiger partial charge in [-0.25, -0.2) is 0 Å². The maximum Gasteiger partial charge on any atom is 0.0619 e. The summed E-state index contributed by atoms with van der Waals surface area (Å²) in [7, 11) is 0. The van der Waals surface area contributed by atoms with Gasteiger partial charge in [0.25, 0.3) is 0 Å². The monoisotopic (exact) mass is 244 g/mol. The standard InChI is InChI=1S/C13H28N2O2/c1-12(2)17-9-4-5-14-6-7-15-8-10-16-11-13(15)3/h12-14H,4-11H2,1-3H3. The minimum absolute atomic E-state index is 0.351. The average Bonchev–Trinajstić information content (AvgIpc) is 2.30. The first-order chi connectivity index (χ1) is 8.20. The molecule has 4 nitrogen and oxygen atoms in total. The highest BCUT2D eigenvalue weighted by molar-refractivity contribution is 4.71. The lowest BCUT2D eigenvalue weighted by Gasteiger charge is -2.33. The number of ether oxygens (including phenoxy) is 2. The highest BCUT2D eigenvalue weighted by Crippen LogP contribution is 2.04. The van der Waals surface area contributed by atoms with Gasteiger partial charge in [-0.3, -0.25) is 4.90 Å². The normalized spacial score (nSPS) is 22.2. The van der Waals surface area contributed by atoms with Crippen molar-refractivity contribution in [2.75, 3.05) is 46.0 Å². The molecule has 1 fully saturated rings. The average molecular weight is 244 g/mol. The molecule has 0 amide bonds. The predicted octanol–water partition coefficient (Wildman–Crippen LogP) is 1.11. The van der Waals surface area contributed by atoms with Gasteiger partial charge in [-0.2, -0.15) is 0 Å². The van der Waals surface area contributed by atoms with E-state index < -0.39 is 0 Å². The summed E-state index contributed by atoms with van der Waals surface area (Å²) < 4.78 is 10.9. The molecule has 4 heteroatoms. The van der Waals surface area contributed by atoms with Crippen LogP contribution in [0.15, 0.2) is 0 Å². The van der Waals surface area contributed by atoms with Crippen LogP contribution in [-0.4, -0.2) is 63.0 Å². The Morgan fingerprint density at radius 3 is 2.94 bits per heavy atom. The second-order valence-electron chi connectivity index (χ2n) is 4.98. The van der Waals surface area contributed by atoms with Gasteiger partial charge < -0.3 is 14.8 Å². The maximum atomic E-state index is 5.49. The molecule has 0 spiro atoms. The van der Waals surface area contributed by atoms with E-state index in [4.69, 9.17) is 9.47 Å². The molecule has 1 aliphatic heterocycles. The van der Waals surface area contributed by atoms with Crippen molar-refractivity contribution in [3.8, 4) is 0 Å². The van der Waals surface area contributed by atoms with Crippen molar-refractivity contribution >= 4 is 0 Å². The number of hydrogen-bond donors (Lipinski definition) is 1. The number of hydrogen-bond acceptors (Lipinski definition) is 4. The van der Waals surface area contributed by atoms with Crippen molar-refractivity contribution in [1.82, 2.24) is 10.2 Å². The first-order valence-electron chi connectivity index (χ1n) is 6.84. The number of morpholine rings is 1. The Balaban J connectivity index is 1.89. The lowest BCUT2D eigenvalue weighted by molar-refractivity contribution is 0.000366. The lowest BCUT2D eigenvalue weighted by Crippen LogP contribution is -2.46. The van der Waals surface area contributed by atoms with Gasteiger partial charge in [0, 0.05) is 32.3 Å². The van der Waals surface area contributed by atoms with E-state index in [-0.39, 0.29) is 0 Å². The zero-order valence-electron chi connectivity index (χ0n) is 11.6. The molecule has 1 saturated heterocycles. The number of rotatable bonds is 8. The van der Waals surface area contributed by atoms with Crippen LogP contribution in [0.1, 0.15) is 27.2 Å². The Bertz CT molecular complexity index is 188. The third-order valence-electron chi connectivity index (χ3n) is 3.03. The van der Waals surface area contributed by atoms with Gasteiger partial charge in [-0.15, -0.1) is 0 Å². The second kappa shape index (κ2) is 8.86. The highest BCUT2D eigenvalue weighted by Gasteiger charge is 2.17. The van der Waals surface area contributed by atoms with E-state index in [0.29, 0.717) is 12.1 Å². The maximum absolute atomic E-state index is 5.49. The Kier molecular flexibility index (Phi) is 7.77. The van der Waals surface area contributed by atoms with Crippen LogP contribution in [0.25, 0.3) is 0 Å². The molecular formula is C13H28N2O2. The van der Waals surface area contributed by atoms with Gasteiger partial charge in [0.05, 0.1) is 19.3 Å². The smallest absolute Gasteiger partial charge is 0.0619 e.